The van der Waals surface area contributed by atoms with Crippen LogP contribution < -0.4 is 4.90 Å². The SMILES string of the molecule is C1=CCCC(c2ccc(N(C3=CC=CCC3)c3ccc(-c4ccc(-c5cc(C6CC=CCC6)c6sc7ccccc7c6c5)cc4)cc3)cc2)=C1. The zero-order chi connectivity index (χ0) is 33.3. The second-order valence-corrected chi connectivity index (χ2v) is 14.9. The molecule has 0 saturated carbocycles. The Morgan fingerprint density at radius 3 is 1.86 bits per heavy atom. The molecule has 244 valence electrons. The zero-order valence-electron chi connectivity index (χ0n) is 28.4. The van der Waals surface area contributed by atoms with E-state index >= 15 is 0 Å². The largest absolute Gasteiger partial charge is 0.314 e. The monoisotopic (exact) mass is 663 g/mol. The standard InChI is InChI=1S/C48H41NS/c1-4-12-34(13-5-1)36-24-28-42(29-25-36)49(41-16-8-3-9-17-41)43-30-26-37(27-31-43)35-20-22-38(23-21-35)40-32-45(39-14-6-2-7-15-39)48-46(33-40)44-18-10-11-19-47(44)50-48/h1-4,6,8,10-12,16,18-33,39H,5,7,9,13-15,17H2. The fourth-order valence-electron chi connectivity index (χ4n) is 7.98. The lowest BCUT2D eigenvalue weighted by Gasteiger charge is -2.29. The number of nitrogens with zero attached hydrogens (tertiary/aromatic N) is 1. The van der Waals surface area contributed by atoms with Gasteiger partial charge < -0.3 is 4.90 Å². The van der Waals surface area contributed by atoms with E-state index in [4.69, 9.17) is 0 Å². The number of hydrogen-bond donors (Lipinski definition) is 0. The van der Waals surface area contributed by atoms with Crippen molar-refractivity contribution >= 4 is 48.5 Å². The van der Waals surface area contributed by atoms with E-state index < -0.39 is 0 Å². The third-order valence-corrected chi connectivity index (χ3v) is 11.9. The lowest BCUT2D eigenvalue weighted by Crippen LogP contribution is -2.17. The van der Waals surface area contributed by atoms with Crippen molar-refractivity contribution in [1.29, 1.82) is 0 Å². The van der Waals surface area contributed by atoms with Crippen molar-refractivity contribution in [1.82, 2.24) is 0 Å². The van der Waals surface area contributed by atoms with Crippen LogP contribution in [-0.2, 0) is 0 Å². The van der Waals surface area contributed by atoms with Crippen LogP contribution in [0, 0.1) is 0 Å². The van der Waals surface area contributed by atoms with Crippen LogP contribution in [0.5, 0.6) is 0 Å². The van der Waals surface area contributed by atoms with E-state index in [0.29, 0.717) is 5.92 Å². The van der Waals surface area contributed by atoms with Gasteiger partial charge in [-0.15, -0.1) is 11.3 Å². The van der Waals surface area contributed by atoms with Crippen LogP contribution in [0.3, 0.4) is 0 Å². The van der Waals surface area contributed by atoms with E-state index in [1.165, 1.54) is 89.0 Å². The Balaban J connectivity index is 1.02. The molecule has 0 radical (unpaired) electrons. The van der Waals surface area contributed by atoms with Gasteiger partial charge in [0.05, 0.1) is 0 Å². The number of thiophene rings is 1. The molecule has 1 atom stereocenters. The van der Waals surface area contributed by atoms with Crippen molar-refractivity contribution in [3.63, 3.8) is 0 Å². The van der Waals surface area contributed by atoms with E-state index in [0.717, 1.165) is 32.1 Å². The average molecular weight is 664 g/mol. The number of benzene rings is 5. The summed E-state index contributed by atoms with van der Waals surface area (Å²) in [6.07, 6.45) is 26.0. The van der Waals surface area contributed by atoms with Crippen LogP contribution in [0.25, 0.3) is 48.0 Å². The lowest BCUT2D eigenvalue weighted by molar-refractivity contribution is 0.622. The quantitative estimate of drug-likeness (QED) is 0.154. The fourth-order valence-corrected chi connectivity index (χ4v) is 9.26. The molecule has 0 fully saturated rings. The Bertz CT molecular complexity index is 2330. The third-order valence-electron chi connectivity index (χ3n) is 10.7. The molecule has 3 aliphatic rings. The van der Waals surface area contributed by atoms with Crippen molar-refractivity contribution in [2.75, 3.05) is 4.90 Å². The molecule has 0 N–H and O–H groups in total. The molecular formula is C48H41NS. The Labute approximate surface area is 299 Å². The highest BCUT2D eigenvalue weighted by molar-refractivity contribution is 7.26. The van der Waals surface area contributed by atoms with Crippen LogP contribution in [0.1, 0.15) is 62.0 Å². The van der Waals surface area contributed by atoms with Crippen LogP contribution in [0.4, 0.5) is 11.4 Å². The minimum Gasteiger partial charge on any atom is -0.314 e. The molecule has 0 aliphatic heterocycles. The summed E-state index contributed by atoms with van der Waals surface area (Å²) in [7, 11) is 0. The van der Waals surface area contributed by atoms with Gasteiger partial charge in [-0.2, -0.15) is 0 Å². The first-order valence-electron chi connectivity index (χ1n) is 18.2. The normalized spacial score (nSPS) is 17.2. The van der Waals surface area contributed by atoms with Crippen LogP contribution >= 0.6 is 11.3 Å². The fraction of sp³-hybridized carbons (Fsp3) is 0.167. The van der Waals surface area contributed by atoms with E-state index in [9.17, 15) is 0 Å². The van der Waals surface area contributed by atoms with E-state index in [2.05, 4.69) is 163 Å². The third kappa shape index (κ3) is 5.99. The Kier molecular flexibility index (Phi) is 8.40. The van der Waals surface area contributed by atoms with Crippen molar-refractivity contribution < 1.29 is 0 Å². The smallest absolute Gasteiger partial charge is 0.0458 e. The van der Waals surface area contributed by atoms with Gasteiger partial charge in [-0.25, -0.2) is 0 Å². The van der Waals surface area contributed by atoms with Gasteiger partial charge in [-0.1, -0.05) is 109 Å². The molecule has 1 aromatic heterocycles. The van der Waals surface area contributed by atoms with Gasteiger partial charge in [-0.3, -0.25) is 0 Å². The summed E-state index contributed by atoms with van der Waals surface area (Å²) in [6.45, 7) is 0. The number of fused-ring (bicyclic) bond motifs is 3. The molecule has 3 aliphatic carbocycles. The van der Waals surface area contributed by atoms with Gasteiger partial charge in [0.15, 0.2) is 0 Å². The summed E-state index contributed by atoms with van der Waals surface area (Å²) in [5.74, 6) is 0.581. The van der Waals surface area contributed by atoms with Crippen LogP contribution in [0.15, 0.2) is 163 Å². The second kappa shape index (κ2) is 13.6. The highest BCUT2D eigenvalue weighted by Crippen LogP contribution is 2.44. The van der Waals surface area contributed by atoms with Crippen LogP contribution in [-0.4, -0.2) is 0 Å². The maximum absolute atomic E-state index is 2.49. The summed E-state index contributed by atoms with van der Waals surface area (Å²) in [5.41, 5.74) is 13.1. The second-order valence-electron chi connectivity index (χ2n) is 13.8. The Morgan fingerprint density at radius 2 is 1.20 bits per heavy atom. The van der Waals surface area contributed by atoms with Crippen molar-refractivity contribution in [2.24, 2.45) is 0 Å². The summed E-state index contributed by atoms with van der Waals surface area (Å²) >= 11 is 1.96. The van der Waals surface area contributed by atoms with E-state index in [1.807, 2.05) is 11.3 Å². The predicted octanol–water partition coefficient (Wildman–Crippen LogP) is 14.3. The van der Waals surface area contributed by atoms with E-state index in [1.54, 1.807) is 0 Å². The molecule has 50 heavy (non-hydrogen) atoms. The highest BCUT2D eigenvalue weighted by atomic mass is 32.1. The molecule has 0 saturated heterocycles. The molecule has 1 heterocycles. The molecule has 0 amide bonds. The molecule has 0 bridgehead atoms. The predicted molar refractivity (Wildman–Crippen MR) is 217 cm³/mol. The molecule has 6 aromatic rings. The minimum absolute atomic E-state index is 0.581. The van der Waals surface area contributed by atoms with Crippen molar-refractivity contribution in [3.05, 3.63) is 175 Å². The molecule has 1 unspecified atom stereocenters. The molecule has 1 nitrogen and oxygen atoms in total. The molecule has 9 rings (SSSR count). The molecular weight excluding hydrogens is 623 g/mol. The first-order chi connectivity index (χ1) is 24.8. The topological polar surface area (TPSA) is 3.24 Å². The van der Waals surface area contributed by atoms with Gasteiger partial charge in [0.2, 0.25) is 0 Å². The summed E-state index contributed by atoms with van der Waals surface area (Å²) in [6, 6.07) is 41.3. The Hall–Kier alpha value is -5.18. The summed E-state index contributed by atoms with van der Waals surface area (Å²) in [5, 5.41) is 2.78. The van der Waals surface area contributed by atoms with Gasteiger partial charge in [0.1, 0.15) is 0 Å². The minimum atomic E-state index is 0.581. The van der Waals surface area contributed by atoms with Crippen LogP contribution in [0.2, 0.25) is 0 Å². The molecule has 5 aromatic carbocycles. The maximum atomic E-state index is 2.49. The molecule has 2 heteroatoms. The average Bonchev–Trinajstić information content (AvgIpc) is 3.58. The van der Waals surface area contributed by atoms with E-state index in [-0.39, 0.29) is 0 Å². The zero-order valence-corrected chi connectivity index (χ0v) is 29.2. The number of anilines is 2. The molecule has 0 spiro atoms. The lowest BCUT2D eigenvalue weighted by atomic mass is 9.85. The first-order valence-corrected chi connectivity index (χ1v) is 19.0. The van der Waals surface area contributed by atoms with Gasteiger partial charge >= 0.3 is 0 Å². The number of allylic oxidation sites excluding steroid dienone is 10. The Morgan fingerprint density at radius 1 is 0.540 bits per heavy atom. The summed E-state index contributed by atoms with van der Waals surface area (Å²) in [4.78, 5) is 2.43. The maximum Gasteiger partial charge on any atom is 0.0458 e. The van der Waals surface area contributed by atoms with Gasteiger partial charge in [-0.05, 0) is 138 Å². The van der Waals surface area contributed by atoms with Gasteiger partial charge in [0.25, 0.3) is 0 Å². The number of hydrogen-bond acceptors (Lipinski definition) is 2. The van der Waals surface area contributed by atoms with Gasteiger partial charge in [0, 0.05) is 37.2 Å². The number of rotatable bonds is 7. The first kappa shape index (κ1) is 30.8. The van der Waals surface area contributed by atoms with Crippen molar-refractivity contribution in [2.45, 2.75) is 50.9 Å². The van der Waals surface area contributed by atoms with Crippen molar-refractivity contribution in [3.8, 4) is 22.3 Å². The summed E-state index contributed by atoms with van der Waals surface area (Å²) < 4.78 is 2.85. The highest BCUT2D eigenvalue weighted by Gasteiger charge is 2.20.